The fraction of sp³-hybridized carbons (Fsp3) is 0.125. The number of hydrogen-bond donors (Lipinski definition) is 1. The number of methoxy groups -OCH3 is 1. The molecule has 0 bridgehead atoms. The maximum absolute atomic E-state index is 11.2. The first-order chi connectivity index (χ1) is 9.69. The Labute approximate surface area is 117 Å². The number of hydrogen-bond acceptors (Lipinski definition) is 3. The molecule has 0 atom stereocenters. The third kappa shape index (κ3) is 3.68. The zero-order valence-electron chi connectivity index (χ0n) is 11.2. The monoisotopic (exact) mass is 268 g/mol. The molecule has 2 aromatic carbocycles. The zero-order chi connectivity index (χ0) is 14.4. The summed E-state index contributed by atoms with van der Waals surface area (Å²) in [5.74, 6) is 0.362. The van der Waals surface area contributed by atoms with Gasteiger partial charge in [0.1, 0.15) is 5.75 Å². The molecule has 0 aromatic heterocycles. The van der Waals surface area contributed by atoms with Crippen LogP contribution in [-0.4, -0.2) is 18.7 Å². The minimum atomic E-state index is -0.402. The molecule has 2 N–H and O–H groups in total. The van der Waals surface area contributed by atoms with Crippen LogP contribution in [0.15, 0.2) is 59.6 Å². The number of ether oxygens (including phenoxy) is 1. The molecular weight excluding hydrogens is 252 g/mol. The summed E-state index contributed by atoms with van der Waals surface area (Å²) in [4.78, 5) is 15.7. The fourth-order valence-corrected chi connectivity index (χ4v) is 1.81. The molecule has 0 aliphatic rings. The van der Waals surface area contributed by atoms with E-state index in [4.69, 9.17) is 10.5 Å². The number of nitrogens with zero attached hydrogens (tertiary/aromatic N) is 1. The Bertz CT molecular complexity index is 604. The topological polar surface area (TPSA) is 64.7 Å². The van der Waals surface area contributed by atoms with E-state index in [-0.39, 0.29) is 6.42 Å². The number of carbonyl (C=O) groups is 1. The van der Waals surface area contributed by atoms with Gasteiger partial charge in [0, 0.05) is 0 Å². The number of primary amides is 1. The molecule has 0 heterocycles. The predicted molar refractivity (Wildman–Crippen MR) is 79.4 cm³/mol. The molecule has 0 saturated carbocycles. The van der Waals surface area contributed by atoms with Gasteiger partial charge < -0.3 is 10.5 Å². The Kier molecular flexibility index (Phi) is 4.50. The van der Waals surface area contributed by atoms with Crippen molar-refractivity contribution in [1.29, 1.82) is 0 Å². The third-order valence-electron chi connectivity index (χ3n) is 2.79. The van der Waals surface area contributed by atoms with Crippen LogP contribution in [0.3, 0.4) is 0 Å². The lowest BCUT2D eigenvalue weighted by atomic mass is 10.1. The van der Waals surface area contributed by atoms with Crippen LogP contribution in [-0.2, 0) is 4.79 Å². The molecule has 2 rings (SSSR count). The SMILES string of the molecule is COc1ccc(N=C(CC(N)=O)c2ccccc2)cc1. The average Bonchev–Trinajstić information content (AvgIpc) is 2.48. The third-order valence-corrected chi connectivity index (χ3v) is 2.79. The molecule has 0 radical (unpaired) electrons. The van der Waals surface area contributed by atoms with Crippen molar-refractivity contribution in [2.45, 2.75) is 6.42 Å². The lowest BCUT2D eigenvalue weighted by molar-refractivity contribution is -0.116. The van der Waals surface area contributed by atoms with E-state index in [0.29, 0.717) is 5.71 Å². The molecular formula is C16H16N2O2. The molecule has 0 fully saturated rings. The molecule has 102 valence electrons. The number of benzene rings is 2. The van der Waals surface area contributed by atoms with Crippen LogP contribution < -0.4 is 10.5 Å². The first kappa shape index (κ1) is 13.8. The highest BCUT2D eigenvalue weighted by Gasteiger charge is 2.07. The Morgan fingerprint density at radius 3 is 2.30 bits per heavy atom. The number of amides is 1. The van der Waals surface area contributed by atoms with E-state index in [0.717, 1.165) is 17.0 Å². The van der Waals surface area contributed by atoms with Gasteiger partial charge >= 0.3 is 0 Å². The summed E-state index contributed by atoms with van der Waals surface area (Å²) in [5, 5.41) is 0. The molecule has 0 saturated heterocycles. The summed E-state index contributed by atoms with van der Waals surface area (Å²) in [6.45, 7) is 0. The Morgan fingerprint density at radius 2 is 1.75 bits per heavy atom. The summed E-state index contributed by atoms with van der Waals surface area (Å²) >= 11 is 0. The summed E-state index contributed by atoms with van der Waals surface area (Å²) in [7, 11) is 1.61. The number of rotatable bonds is 5. The van der Waals surface area contributed by atoms with Gasteiger partial charge in [-0.25, -0.2) is 0 Å². The molecule has 2 aromatic rings. The number of carbonyl (C=O) groups excluding carboxylic acids is 1. The largest absolute Gasteiger partial charge is 0.497 e. The first-order valence-corrected chi connectivity index (χ1v) is 6.24. The van der Waals surface area contributed by atoms with E-state index < -0.39 is 5.91 Å². The van der Waals surface area contributed by atoms with E-state index in [1.54, 1.807) is 7.11 Å². The second-order valence-electron chi connectivity index (χ2n) is 4.27. The van der Waals surface area contributed by atoms with Crippen molar-refractivity contribution < 1.29 is 9.53 Å². The number of nitrogens with two attached hydrogens (primary N) is 1. The fourth-order valence-electron chi connectivity index (χ4n) is 1.81. The highest BCUT2D eigenvalue weighted by Crippen LogP contribution is 2.19. The van der Waals surface area contributed by atoms with E-state index in [1.165, 1.54) is 0 Å². The minimum absolute atomic E-state index is 0.107. The van der Waals surface area contributed by atoms with E-state index in [9.17, 15) is 4.79 Å². The van der Waals surface area contributed by atoms with E-state index in [2.05, 4.69) is 4.99 Å². The smallest absolute Gasteiger partial charge is 0.223 e. The van der Waals surface area contributed by atoms with Crippen molar-refractivity contribution in [1.82, 2.24) is 0 Å². The van der Waals surface area contributed by atoms with Crippen LogP contribution in [0.4, 0.5) is 5.69 Å². The Morgan fingerprint density at radius 1 is 1.10 bits per heavy atom. The van der Waals surface area contributed by atoms with Crippen molar-refractivity contribution in [2.75, 3.05) is 7.11 Å². The average molecular weight is 268 g/mol. The summed E-state index contributed by atoms with van der Waals surface area (Å²) in [5.41, 5.74) is 7.59. The van der Waals surface area contributed by atoms with Crippen molar-refractivity contribution in [3.63, 3.8) is 0 Å². The predicted octanol–water partition coefficient (Wildman–Crippen LogP) is 2.69. The van der Waals surface area contributed by atoms with Gasteiger partial charge in [0.2, 0.25) is 5.91 Å². The van der Waals surface area contributed by atoms with Crippen LogP contribution in [0.1, 0.15) is 12.0 Å². The van der Waals surface area contributed by atoms with E-state index in [1.807, 2.05) is 54.6 Å². The molecule has 1 amide bonds. The zero-order valence-corrected chi connectivity index (χ0v) is 11.2. The van der Waals surface area contributed by atoms with Crippen LogP contribution in [0, 0.1) is 0 Å². The Balaban J connectivity index is 2.34. The van der Waals surface area contributed by atoms with Gasteiger partial charge in [0.25, 0.3) is 0 Å². The number of aliphatic imine (C=N–C) groups is 1. The van der Waals surface area contributed by atoms with E-state index >= 15 is 0 Å². The van der Waals surface area contributed by atoms with Gasteiger partial charge in [-0.1, -0.05) is 30.3 Å². The molecule has 0 spiro atoms. The quantitative estimate of drug-likeness (QED) is 0.847. The van der Waals surface area contributed by atoms with Crippen molar-refractivity contribution in [3.05, 3.63) is 60.2 Å². The van der Waals surface area contributed by atoms with Gasteiger partial charge in [0.05, 0.1) is 24.9 Å². The van der Waals surface area contributed by atoms with Crippen LogP contribution in [0.5, 0.6) is 5.75 Å². The lowest BCUT2D eigenvalue weighted by Crippen LogP contribution is -2.16. The molecule has 0 aliphatic heterocycles. The molecule has 0 unspecified atom stereocenters. The van der Waals surface area contributed by atoms with Crippen LogP contribution in [0.2, 0.25) is 0 Å². The maximum atomic E-state index is 11.2. The van der Waals surface area contributed by atoms with Crippen molar-refractivity contribution in [3.8, 4) is 5.75 Å². The molecule has 4 heteroatoms. The lowest BCUT2D eigenvalue weighted by Gasteiger charge is -2.05. The molecule has 20 heavy (non-hydrogen) atoms. The summed E-state index contributed by atoms with van der Waals surface area (Å²) in [6.07, 6.45) is 0.107. The highest BCUT2D eigenvalue weighted by atomic mass is 16.5. The van der Waals surface area contributed by atoms with Crippen LogP contribution >= 0.6 is 0 Å². The molecule has 0 aliphatic carbocycles. The Hall–Kier alpha value is -2.62. The summed E-state index contributed by atoms with van der Waals surface area (Å²) < 4.78 is 5.10. The standard InChI is InChI=1S/C16H16N2O2/c1-20-14-9-7-13(8-10-14)18-15(11-16(17)19)12-5-3-2-4-6-12/h2-10H,11H2,1H3,(H2,17,19). The second kappa shape index (κ2) is 6.52. The van der Waals surface area contributed by atoms with Gasteiger partial charge in [-0.2, -0.15) is 0 Å². The minimum Gasteiger partial charge on any atom is -0.497 e. The second-order valence-corrected chi connectivity index (χ2v) is 4.27. The van der Waals surface area contributed by atoms with Crippen molar-refractivity contribution >= 4 is 17.3 Å². The van der Waals surface area contributed by atoms with Gasteiger partial charge in [-0.15, -0.1) is 0 Å². The maximum Gasteiger partial charge on any atom is 0.223 e. The normalized spacial score (nSPS) is 11.2. The van der Waals surface area contributed by atoms with Gasteiger partial charge in [-0.05, 0) is 29.8 Å². The molecule has 4 nitrogen and oxygen atoms in total. The van der Waals surface area contributed by atoms with Crippen molar-refractivity contribution in [2.24, 2.45) is 10.7 Å². The van der Waals surface area contributed by atoms with Gasteiger partial charge in [0.15, 0.2) is 0 Å². The highest BCUT2D eigenvalue weighted by molar-refractivity contribution is 6.11. The summed E-state index contributed by atoms with van der Waals surface area (Å²) in [6, 6.07) is 16.9. The van der Waals surface area contributed by atoms with Crippen LogP contribution in [0.25, 0.3) is 0 Å². The first-order valence-electron chi connectivity index (χ1n) is 6.24. The van der Waals surface area contributed by atoms with Gasteiger partial charge in [-0.3, -0.25) is 9.79 Å².